The Morgan fingerprint density at radius 1 is 1.14 bits per heavy atom. The van der Waals surface area contributed by atoms with Crippen molar-refractivity contribution < 1.29 is 0 Å². The van der Waals surface area contributed by atoms with Gasteiger partial charge in [-0.2, -0.15) is 0 Å². The second-order valence-electron chi connectivity index (χ2n) is 6.42. The van der Waals surface area contributed by atoms with Gasteiger partial charge in [0, 0.05) is 24.1 Å². The van der Waals surface area contributed by atoms with Gasteiger partial charge < -0.3 is 10.6 Å². The van der Waals surface area contributed by atoms with E-state index in [0.717, 1.165) is 36.0 Å². The predicted molar refractivity (Wildman–Crippen MR) is 90.1 cm³/mol. The molecule has 1 aromatic heterocycles. The number of anilines is 2. The number of hydrogen-bond acceptors (Lipinski definition) is 4. The van der Waals surface area contributed by atoms with E-state index in [9.17, 15) is 0 Å². The summed E-state index contributed by atoms with van der Waals surface area (Å²) in [5.41, 5.74) is 1.14. The molecule has 0 spiro atoms. The summed E-state index contributed by atoms with van der Waals surface area (Å²) in [6.45, 7) is 12.0. The lowest BCUT2D eigenvalue weighted by Crippen LogP contribution is -2.25. The van der Waals surface area contributed by atoms with Gasteiger partial charge in [0.15, 0.2) is 0 Å². The van der Waals surface area contributed by atoms with Crippen LogP contribution in [0.1, 0.15) is 70.7 Å². The topological polar surface area (TPSA) is 49.8 Å². The SMILES string of the molecule is CCCNc1nc(C2CC2)nc(NC(C)C(C)CC)c1C. The molecule has 1 aliphatic carbocycles. The lowest BCUT2D eigenvalue weighted by Gasteiger charge is -2.23. The molecule has 1 aromatic rings. The molecule has 21 heavy (non-hydrogen) atoms. The highest BCUT2D eigenvalue weighted by atomic mass is 15.1. The van der Waals surface area contributed by atoms with Crippen molar-refractivity contribution >= 4 is 11.6 Å². The Balaban J connectivity index is 2.23. The molecule has 1 heterocycles. The Morgan fingerprint density at radius 2 is 1.81 bits per heavy atom. The Labute approximate surface area is 129 Å². The quantitative estimate of drug-likeness (QED) is 0.748. The molecule has 4 nitrogen and oxygen atoms in total. The standard InChI is InChI=1S/C17H30N4/c1-6-10-18-15-12(4)16(19-13(5)11(3)7-2)21-17(20-15)14-8-9-14/h11,13-14H,6-10H2,1-5H3,(H2,18,19,20,21). The van der Waals surface area contributed by atoms with Gasteiger partial charge in [0.1, 0.15) is 17.5 Å². The molecule has 0 saturated heterocycles. The van der Waals surface area contributed by atoms with E-state index >= 15 is 0 Å². The molecule has 0 aliphatic heterocycles. The zero-order chi connectivity index (χ0) is 15.4. The second-order valence-corrected chi connectivity index (χ2v) is 6.42. The van der Waals surface area contributed by atoms with Crippen LogP contribution >= 0.6 is 0 Å². The monoisotopic (exact) mass is 290 g/mol. The summed E-state index contributed by atoms with van der Waals surface area (Å²) in [5.74, 6) is 4.24. The highest BCUT2D eigenvalue weighted by Gasteiger charge is 2.28. The minimum atomic E-state index is 0.426. The predicted octanol–water partition coefficient (Wildman–Crippen LogP) is 4.33. The Morgan fingerprint density at radius 3 is 2.38 bits per heavy atom. The highest BCUT2D eigenvalue weighted by molar-refractivity contribution is 5.58. The van der Waals surface area contributed by atoms with Crippen molar-refractivity contribution in [3.8, 4) is 0 Å². The van der Waals surface area contributed by atoms with Crippen LogP contribution in [0.5, 0.6) is 0 Å². The number of rotatable bonds is 8. The van der Waals surface area contributed by atoms with Gasteiger partial charge in [-0.25, -0.2) is 9.97 Å². The van der Waals surface area contributed by atoms with Crippen molar-refractivity contribution in [2.24, 2.45) is 5.92 Å². The first-order chi connectivity index (χ1) is 10.1. The van der Waals surface area contributed by atoms with E-state index in [1.807, 2.05) is 0 Å². The Hall–Kier alpha value is -1.32. The van der Waals surface area contributed by atoms with E-state index in [2.05, 4.69) is 45.3 Å². The number of hydrogen-bond donors (Lipinski definition) is 2. The minimum absolute atomic E-state index is 0.426. The molecule has 0 bridgehead atoms. The fraction of sp³-hybridized carbons (Fsp3) is 0.765. The molecule has 118 valence electrons. The maximum absolute atomic E-state index is 4.80. The van der Waals surface area contributed by atoms with Gasteiger partial charge in [0.05, 0.1) is 0 Å². The van der Waals surface area contributed by atoms with Crippen LogP contribution in [0.15, 0.2) is 0 Å². The maximum atomic E-state index is 4.80. The van der Waals surface area contributed by atoms with E-state index in [1.165, 1.54) is 19.3 Å². The summed E-state index contributed by atoms with van der Waals surface area (Å²) in [5, 5.41) is 7.06. The fourth-order valence-electron chi connectivity index (χ4n) is 2.33. The van der Waals surface area contributed by atoms with Crippen LogP contribution in [-0.4, -0.2) is 22.6 Å². The van der Waals surface area contributed by atoms with E-state index in [4.69, 9.17) is 9.97 Å². The molecule has 2 N–H and O–H groups in total. The Kier molecular flexibility index (Phi) is 5.43. The number of aromatic nitrogens is 2. The maximum Gasteiger partial charge on any atom is 0.136 e. The molecular weight excluding hydrogens is 260 g/mol. The third-order valence-electron chi connectivity index (χ3n) is 4.51. The first kappa shape index (κ1) is 16.1. The molecule has 1 aliphatic rings. The molecule has 4 heteroatoms. The molecule has 2 atom stereocenters. The zero-order valence-corrected chi connectivity index (χ0v) is 14.2. The normalized spacial score (nSPS) is 17.4. The van der Waals surface area contributed by atoms with Crippen molar-refractivity contribution in [3.05, 3.63) is 11.4 Å². The van der Waals surface area contributed by atoms with Crippen LogP contribution in [0.2, 0.25) is 0 Å². The highest BCUT2D eigenvalue weighted by Crippen LogP contribution is 2.39. The first-order valence-electron chi connectivity index (χ1n) is 8.45. The summed E-state index contributed by atoms with van der Waals surface area (Å²) in [6, 6.07) is 0.426. The van der Waals surface area contributed by atoms with Gasteiger partial charge >= 0.3 is 0 Å². The van der Waals surface area contributed by atoms with Crippen molar-refractivity contribution in [3.63, 3.8) is 0 Å². The lowest BCUT2D eigenvalue weighted by molar-refractivity contribution is 0.493. The van der Waals surface area contributed by atoms with Gasteiger partial charge in [-0.3, -0.25) is 0 Å². The molecule has 0 radical (unpaired) electrons. The van der Waals surface area contributed by atoms with E-state index < -0.39 is 0 Å². The number of nitrogens with one attached hydrogen (secondary N) is 2. The van der Waals surface area contributed by atoms with Crippen LogP contribution in [-0.2, 0) is 0 Å². The molecule has 2 rings (SSSR count). The summed E-state index contributed by atoms with van der Waals surface area (Å²) in [6.07, 6.45) is 4.75. The summed E-state index contributed by atoms with van der Waals surface area (Å²) in [4.78, 5) is 9.54. The van der Waals surface area contributed by atoms with Crippen LogP contribution < -0.4 is 10.6 Å². The van der Waals surface area contributed by atoms with Gasteiger partial charge in [-0.15, -0.1) is 0 Å². The minimum Gasteiger partial charge on any atom is -0.370 e. The first-order valence-corrected chi connectivity index (χ1v) is 8.45. The average molecular weight is 290 g/mol. The van der Waals surface area contributed by atoms with Crippen molar-refractivity contribution in [1.82, 2.24) is 9.97 Å². The van der Waals surface area contributed by atoms with E-state index in [1.54, 1.807) is 0 Å². The van der Waals surface area contributed by atoms with E-state index in [-0.39, 0.29) is 0 Å². The van der Waals surface area contributed by atoms with Gasteiger partial charge in [-0.05, 0) is 39.0 Å². The van der Waals surface area contributed by atoms with Crippen molar-refractivity contribution in [2.75, 3.05) is 17.2 Å². The van der Waals surface area contributed by atoms with Crippen LogP contribution in [0.25, 0.3) is 0 Å². The summed E-state index contributed by atoms with van der Waals surface area (Å²) in [7, 11) is 0. The summed E-state index contributed by atoms with van der Waals surface area (Å²) < 4.78 is 0. The zero-order valence-electron chi connectivity index (χ0n) is 14.2. The number of nitrogens with zero attached hydrogens (tertiary/aromatic N) is 2. The largest absolute Gasteiger partial charge is 0.370 e. The fourth-order valence-corrected chi connectivity index (χ4v) is 2.33. The molecular formula is C17H30N4. The van der Waals surface area contributed by atoms with Crippen molar-refractivity contribution in [1.29, 1.82) is 0 Å². The second kappa shape index (κ2) is 7.10. The molecule has 2 unspecified atom stereocenters. The van der Waals surface area contributed by atoms with Crippen molar-refractivity contribution in [2.45, 2.75) is 72.3 Å². The van der Waals surface area contributed by atoms with Gasteiger partial charge in [-0.1, -0.05) is 27.2 Å². The molecule has 0 amide bonds. The van der Waals surface area contributed by atoms with Crippen LogP contribution in [0.4, 0.5) is 11.6 Å². The third-order valence-corrected chi connectivity index (χ3v) is 4.51. The van der Waals surface area contributed by atoms with Gasteiger partial charge in [0.2, 0.25) is 0 Å². The lowest BCUT2D eigenvalue weighted by atomic mass is 10.0. The average Bonchev–Trinajstić information content (AvgIpc) is 3.31. The van der Waals surface area contributed by atoms with E-state index in [0.29, 0.717) is 17.9 Å². The van der Waals surface area contributed by atoms with Gasteiger partial charge in [0.25, 0.3) is 0 Å². The summed E-state index contributed by atoms with van der Waals surface area (Å²) >= 11 is 0. The van der Waals surface area contributed by atoms with Crippen LogP contribution in [0, 0.1) is 12.8 Å². The third kappa shape index (κ3) is 4.08. The Bertz CT molecular complexity index is 468. The van der Waals surface area contributed by atoms with Crippen LogP contribution in [0.3, 0.4) is 0 Å². The smallest absolute Gasteiger partial charge is 0.136 e. The molecule has 0 aromatic carbocycles. The molecule has 1 fully saturated rings. The molecule has 1 saturated carbocycles.